The third-order valence-electron chi connectivity index (χ3n) is 2.81. The fourth-order valence-electron chi connectivity index (χ4n) is 1.87. The first kappa shape index (κ1) is 10.2. The van der Waals surface area contributed by atoms with Gasteiger partial charge in [-0.3, -0.25) is 0 Å². The number of fused-ring (bicyclic) bond motifs is 1. The largest absolute Gasteiger partial charge is 0.390 e. The molecule has 1 aromatic carbocycles. The van der Waals surface area contributed by atoms with E-state index in [2.05, 4.69) is 15.3 Å². The zero-order valence-electron chi connectivity index (χ0n) is 9.41. The Morgan fingerprint density at radius 2 is 2.06 bits per heavy atom. The van der Waals surface area contributed by atoms with Crippen LogP contribution >= 0.6 is 0 Å². The number of nitrogens with zero attached hydrogens (tertiary/aromatic N) is 4. The van der Waals surface area contributed by atoms with Crippen LogP contribution in [0.3, 0.4) is 0 Å². The average Bonchev–Trinajstić information content (AvgIpc) is 2.89. The Morgan fingerprint density at radius 3 is 2.76 bits per heavy atom. The minimum absolute atomic E-state index is 0.0733. The van der Waals surface area contributed by atoms with Crippen molar-refractivity contribution in [2.75, 3.05) is 0 Å². The van der Waals surface area contributed by atoms with Gasteiger partial charge in [0.05, 0.1) is 12.3 Å². The minimum atomic E-state index is -0.203. The fraction of sp³-hybridized carbons (Fsp3) is 0.250. The molecule has 2 heterocycles. The number of rotatable bonds is 2. The van der Waals surface area contributed by atoms with Gasteiger partial charge >= 0.3 is 0 Å². The summed E-state index contributed by atoms with van der Waals surface area (Å²) in [7, 11) is 0. The number of azo groups is 1. The molecule has 0 saturated heterocycles. The van der Waals surface area contributed by atoms with Gasteiger partial charge < -0.3 is 5.11 Å². The molecule has 0 radical (unpaired) electrons. The summed E-state index contributed by atoms with van der Waals surface area (Å²) in [6, 6.07) is 9.87. The van der Waals surface area contributed by atoms with Gasteiger partial charge in [-0.2, -0.15) is 10.2 Å². The molecule has 17 heavy (non-hydrogen) atoms. The molecule has 5 nitrogen and oxygen atoms in total. The molecule has 0 spiro atoms. The summed E-state index contributed by atoms with van der Waals surface area (Å²) in [5, 5.41) is 21.6. The van der Waals surface area contributed by atoms with E-state index < -0.39 is 0 Å². The molecular weight excluding hydrogens is 216 g/mol. The summed E-state index contributed by atoms with van der Waals surface area (Å²) in [6.45, 7) is 1.97. The second kappa shape index (κ2) is 3.78. The van der Waals surface area contributed by atoms with E-state index in [0.29, 0.717) is 11.5 Å². The molecule has 1 aromatic heterocycles. The second-order valence-electron chi connectivity index (χ2n) is 4.10. The lowest BCUT2D eigenvalue weighted by Crippen LogP contribution is -2.06. The molecular formula is C12H12N4O. The van der Waals surface area contributed by atoms with Gasteiger partial charge in [0.2, 0.25) is 0 Å². The van der Waals surface area contributed by atoms with E-state index >= 15 is 0 Å². The summed E-state index contributed by atoms with van der Waals surface area (Å²) in [5.41, 5.74) is 2.88. The van der Waals surface area contributed by atoms with Gasteiger partial charge in [0.15, 0.2) is 12.0 Å². The van der Waals surface area contributed by atoms with Gasteiger partial charge in [0.25, 0.3) is 0 Å². The Morgan fingerprint density at radius 1 is 1.29 bits per heavy atom. The first-order valence-electron chi connectivity index (χ1n) is 5.44. The number of aliphatic hydroxyl groups is 1. The van der Waals surface area contributed by atoms with E-state index in [1.54, 1.807) is 10.7 Å². The molecule has 1 aliphatic heterocycles. The molecule has 1 N–H and O–H groups in total. The lowest BCUT2D eigenvalue weighted by atomic mass is 10.1. The predicted molar refractivity (Wildman–Crippen MR) is 62.0 cm³/mol. The normalized spacial score (nSPS) is 17.4. The number of aromatic nitrogens is 2. The van der Waals surface area contributed by atoms with Crippen LogP contribution in [0.4, 0.5) is 5.82 Å². The Hall–Kier alpha value is -2.01. The fourth-order valence-corrected chi connectivity index (χ4v) is 1.87. The van der Waals surface area contributed by atoms with E-state index in [4.69, 9.17) is 5.11 Å². The highest BCUT2D eigenvalue weighted by atomic mass is 16.3. The van der Waals surface area contributed by atoms with Crippen molar-refractivity contribution in [1.82, 2.24) is 9.78 Å². The molecule has 2 aromatic rings. The number of benzene rings is 1. The number of aryl methyl sites for hydroxylation is 1. The maximum Gasteiger partial charge on any atom is 0.190 e. The summed E-state index contributed by atoms with van der Waals surface area (Å²) in [4.78, 5) is 0. The highest BCUT2D eigenvalue weighted by Crippen LogP contribution is 2.32. The van der Waals surface area contributed by atoms with Crippen LogP contribution in [-0.2, 0) is 6.61 Å². The third kappa shape index (κ3) is 1.64. The van der Waals surface area contributed by atoms with Crippen molar-refractivity contribution in [2.24, 2.45) is 10.2 Å². The van der Waals surface area contributed by atoms with Crippen LogP contribution in [0.1, 0.15) is 23.0 Å². The van der Waals surface area contributed by atoms with Crippen LogP contribution in [0.2, 0.25) is 0 Å². The van der Waals surface area contributed by atoms with Gasteiger partial charge in [-0.25, -0.2) is 4.68 Å². The lowest BCUT2D eigenvalue weighted by Gasteiger charge is -2.08. The summed E-state index contributed by atoms with van der Waals surface area (Å²) in [6.07, 6.45) is -0.203. The first-order valence-corrected chi connectivity index (χ1v) is 5.44. The Kier molecular flexibility index (Phi) is 2.26. The molecule has 86 valence electrons. The molecule has 1 unspecified atom stereocenters. The Labute approximate surface area is 98.4 Å². The molecule has 0 bridgehead atoms. The van der Waals surface area contributed by atoms with Crippen molar-refractivity contribution >= 4 is 5.82 Å². The van der Waals surface area contributed by atoms with Gasteiger partial charge in [-0.15, -0.1) is 5.11 Å². The molecule has 0 amide bonds. The molecule has 0 aliphatic carbocycles. The van der Waals surface area contributed by atoms with Crippen LogP contribution in [0, 0.1) is 6.92 Å². The van der Waals surface area contributed by atoms with E-state index in [1.165, 1.54) is 5.56 Å². The van der Waals surface area contributed by atoms with E-state index in [9.17, 15) is 0 Å². The summed E-state index contributed by atoms with van der Waals surface area (Å²) >= 11 is 0. The number of hydrogen-bond acceptors (Lipinski definition) is 4. The Bertz CT molecular complexity index is 571. The SMILES string of the molecule is Cc1ccc(C2N=Nc3cc(CO)nn32)cc1. The van der Waals surface area contributed by atoms with E-state index in [-0.39, 0.29) is 12.8 Å². The van der Waals surface area contributed by atoms with Crippen molar-refractivity contribution in [1.29, 1.82) is 0 Å². The van der Waals surface area contributed by atoms with Crippen molar-refractivity contribution < 1.29 is 5.11 Å². The van der Waals surface area contributed by atoms with Crippen LogP contribution in [0.5, 0.6) is 0 Å². The number of hydrogen-bond donors (Lipinski definition) is 1. The second-order valence-corrected chi connectivity index (χ2v) is 4.10. The van der Waals surface area contributed by atoms with E-state index in [0.717, 1.165) is 5.56 Å². The van der Waals surface area contributed by atoms with Gasteiger partial charge in [0, 0.05) is 11.6 Å². The van der Waals surface area contributed by atoms with Gasteiger partial charge in [-0.1, -0.05) is 29.8 Å². The maximum absolute atomic E-state index is 9.04. The van der Waals surface area contributed by atoms with Crippen molar-refractivity contribution in [3.63, 3.8) is 0 Å². The molecule has 0 fully saturated rings. The predicted octanol–water partition coefficient (Wildman–Crippen LogP) is 2.33. The van der Waals surface area contributed by atoms with Crippen molar-refractivity contribution in [2.45, 2.75) is 19.7 Å². The number of aliphatic hydroxyl groups excluding tert-OH is 1. The highest BCUT2D eigenvalue weighted by molar-refractivity contribution is 5.35. The monoisotopic (exact) mass is 228 g/mol. The van der Waals surface area contributed by atoms with Crippen LogP contribution in [0.25, 0.3) is 0 Å². The molecule has 1 atom stereocenters. The third-order valence-corrected chi connectivity index (χ3v) is 2.81. The van der Waals surface area contributed by atoms with Crippen LogP contribution < -0.4 is 0 Å². The van der Waals surface area contributed by atoms with Crippen molar-refractivity contribution in [3.05, 3.63) is 47.2 Å². The van der Waals surface area contributed by atoms with Gasteiger partial charge in [-0.05, 0) is 6.92 Å². The molecule has 1 aliphatic rings. The average molecular weight is 228 g/mol. The summed E-state index contributed by atoms with van der Waals surface area (Å²) in [5.74, 6) is 0.694. The van der Waals surface area contributed by atoms with Crippen LogP contribution in [-0.4, -0.2) is 14.9 Å². The topological polar surface area (TPSA) is 62.8 Å². The first-order chi connectivity index (χ1) is 8.28. The van der Waals surface area contributed by atoms with E-state index in [1.807, 2.05) is 31.2 Å². The standard InChI is InChI=1S/C12H12N4O/c1-8-2-4-9(5-3-8)12-14-13-11-6-10(7-17)15-16(11)12/h2-6,12,17H,7H2,1H3. The van der Waals surface area contributed by atoms with Crippen LogP contribution in [0.15, 0.2) is 40.6 Å². The van der Waals surface area contributed by atoms with Gasteiger partial charge in [0.1, 0.15) is 0 Å². The zero-order valence-corrected chi connectivity index (χ0v) is 9.41. The minimum Gasteiger partial charge on any atom is -0.390 e. The maximum atomic E-state index is 9.04. The quantitative estimate of drug-likeness (QED) is 0.857. The van der Waals surface area contributed by atoms with Crippen molar-refractivity contribution in [3.8, 4) is 0 Å². The molecule has 3 rings (SSSR count). The molecule has 0 saturated carbocycles. The Balaban J connectivity index is 2.00. The summed E-state index contributed by atoms with van der Waals surface area (Å²) < 4.78 is 1.73. The smallest absolute Gasteiger partial charge is 0.190 e. The molecule has 5 heteroatoms. The lowest BCUT2D eigenvalue weighted by molar-refractivity contribution is 0.274. The highest BCUT2D eigenvalue weighted by Gasteiger charge is 2.23. The zero-order chi connectivity index (χ0) is 11.8.